The molecular weight excluding hydrogens is 240 g/mol. The molecule has 0 radical (unpaired) electrons. The van der Waals surface area contributed by atoms with Crippen LogP contribution in [0.25, 0.3) is 0 Å². The number of fused-ring (bicyclic) bond motifs is 5. The van der Waals surface area contributed by atoms with Crippen molar-refractivity contribution >= 4 is 11.8 Å². The topological polar surface area (TPSA) is 43.4 Å². The second kappa shape index (κ2) is 4.48. The number of esters is 1. The molecule has 2 atom stereocenters. The van der Waals surface area contributed by atoms with Gasteiger partial charge in [-0.2, -0.15) is 0 Å². The molecule has 1 aromatic rings. The molecule has 100 valence electrons. The molecule has 0 aromatic heterocycles. The van der Waals surface area contributed by atoms with Crippen LogP contribution in [-0.4, -0.2) is 18.4 Å². The number of carbonyl (C=O) groups excluding carboxylic acids is 2. The maximum Gasteiger partial charge on any atom is 0.324 e. The third-order valence-electron chi connectivity index (χ3n) is 4.45. The number of Topliss-reactive ketones (excluding diaryl/α,β-unsaturated/α-hetero) is 1. The van der Waals surface area contributed by atoms with Gasteiger partial charge in [-0.25, -0.2) is 0 Å². The first-order chi connectivity index (χ1) is 9.21. The molecule has 0 heterocycles. The van der Waals surface area contributed by atoms with Crippen LogP contribution in [0, 0.1) is 0 Å². The van der Waals surface area contributed by atoms with Crippen LogP contribution in [0.2, 0.25) is 0 Å². The molecule has 1 saturated carbocycles. The average Bonchev–Trinajstić information content (AvgIpc) is 2.53. The maximum absolute atomic E-state index is 12.8. The standard InChI is InChI=1S/C16H18O3/c1-2-19-15(18)16-10-6-5-8-12(14(16)17)11-7-3-4-9-13(11)16/h3-4,7,9,12H,2,5-6,8,10H2,1H3. The smallest absolute Gasteiger partial charge is 0.324 e. The van der Waals surface area contributed by atoms with Crippen molar-refractivity contribution in [1.82, 2.24) is 0 Å². The summed E-state index contributed by atoms with van der Waals surface area (Å²) in [7, 11) is 0. The Morgan fingerprint density at radius 3 is 2.95 bits per heavy atom. The minimum Gasteiger partial charge on any atom is -0.465 e. The molecule has 2 unspecified atom stereocenters. The van der Waals surface area contributed by atoms with E-state index in [0.717, 1.165) is 30.4 Å². The summed E-state index contributed by atoms with van der Waals surface area (Å²) in [6.45, 7) is 2.11. The third-order valence-corrected chi connectivity index (χ3v) is 4.45. The second-order valence-electron chi connectivity index (χ2n) is 5.38. The SMILES string of the molecule is CCOC(=O)C12CCCCC(C1=O)c1ccccc12. The first-order valence-corrected chi connectivity index (χ1v) is 7.02. The number of hydrogen-bond donors (Lipinski definition) is 0. The van der Waals surface area contributed by atoms with E-state index in [1.165, 1.54) is 0 Å². The third kappa shape index (κ3) is 1.57. The van der Waals surface area contributed by atoms with E-state index in [9.17, 15) is 9.59 Å². The Hall–Kier alpha value is -1.64. The number of ketones is 1. The number of rotatable bonds is 2. The minimum atomic E-state index is -1.02. The van der Waals surface area contributed by atoms with E-state index >= 15 is 0 Å². The summed E-state index contributed by atoms with van der Waals surface area (Å²) in [5.74, 6) is -0.399. The number of hydrogen-bond acceptors (Lipinski definition) is 3. The Balaban J connectivity index is 2.19. The van der Waals surface area contributed by atoms with E-state index in [-0.39, 0.29) is 17.7 Å². The van der Waals surface area contributed by atoms with E-state index in [4.69, 9.17) is 4.74 Å². The Morgan fingerprint density at radius 1 is 1.37 bits per heavy atom. The Morgan fingerprint density at radius 2 is 2.16 bits per heavy atom. The normalized spacial score (nSPS) is 28.7. The van der Waals surface area contributed by atoms with Crippen molar-refractivity contribution in [2.24, 2.45) is 0 Å². The first-order valence-electron chi connectivity index (χ1n) is 7.02. The number of carbonyl (C=O) groups is 2. The zero-order chi connectivity index (χ0) is 13.5. The van der Waals surface area contributed by atoms with Crippen molar-refractivity contribution < 1.29 is 14.3 Å². The summed E-state index contributed by atoms with van der Waals surface area (Å²) in [4.78, 5) is 25.3. The predicted molar refractivity (Wildman–Crippen MR) is 71.0 cm³/mol. The molecule has 2 aliphatic carbocycles. The van der Waals surface area contributed by atoms with Gasteiger partial charge in [0, 0.05) is 5.92 Å². The van der Waals surface area contributed by atoms with Gasteiger partial charge in [0.15, 0.2) is 11.2 Å². The molecule has 2 bridgehead atoms. The van der Waals surface area contributed by atoms with Gasteiger partial charge in [0.1, 0.15) is 0 Å². The minimum absolute atomic E-state index is 0.0599. The number of benzene rings is 1. The highest BCUT2D eigenvalue weighted by atomic mass is 16.5. The van der Waals surface area contributed by atoms with Gasteiger partial charge in [-0.3, -0.25) is 9.59 Å². The van der Waals surface area contributed by atoms with Gasteiger partial charge < -0.3 is 4.74 Å². The van der Waals surface area contributed by atoms with Gasteiger partial charge in [0.05, 0.1) is 6.61 Å². The van der Waals surface area contributed by atoms with Gasteiger partial charge in [-0.1, -0.05) is 37.1 Å². The van der Waals surface area contributed by atoms with Crippen LogP contribution < -0.4 is 0 Å². The van der Waals surface area contributed by atoms with Crippen molar-refractivity contribution in [3.05, 3.63) is 35.4 Å². The van der Waals surface area contributed by atoms with Crippen molar-refractivity contribution in [3.8, 4) is 0 Å². The lowest BCUT2D eigenvalue weighted by molar-refractivity contribution is -0.154. The maximum atomic E-state index is 12.8. The molecule has 19 heavy (non-hydrogen) atoms. The largest absolute Gasteiger partial charge is 0.465 e. The van der Waals surface area contributed by atoms with Gasteiger partial charge in [-0.15, -0.1) is 0 Å². The molecule has 0 aliphatic heterocycles. The Bertz CT molecular complexity index is 535. The molecule has 2 aliphatic rings. The average molecular weight is 258 g/mol. The molecule has 3 rings (SSSR count). The van der Waals surface area contributed by atoms with Gasteiger partial charge in [-0.05, 0) is 30.9 Å². The second-order valence-corrected chi connectivity index (χ2v) is 5.38. The molecule has 3 nitrogen and oxygen atoms in total. The van der Waals surface area contributed by atoms with E-state index in [1.54, 1.807) is 6.92 Å². The van der Waals surface area contributed by atoms with E-state index in [2.05, 4.69) is 0 Å². The lowest BCUT2D eigenvalue weighted by atomic mass is 9.77. The zero-order valence-electron chi connectivity index (χ0n) is 11.1. The highest BCUT2D eigenvalue weighted by Crippen LogP contribution is 2.50. The molecule has 0 N–H and O–H groups in total. The molecule has 0 saturated heterocycles. The fourth-order valence-electron chi connectivity index (χ4n) is 3.61. The van der Waals surface area contributed by atoms with Crippen LogP contribution in [0.3, 0.4) is 0 Å². The van der Waals surface area contributed by atoms with Crippen LogP contribution in [0.1, 0.15) is 49.7 Å². The molecule has 1 aromatic carbocycles. The van der Waals surface area contributed by atoms with Crippen molar-refractivity contribution in [2.45, 2.75) is 43.9 Å². The van der Waals surface area contributed by atoms with E-state index < -0.39 is 5.41 Å². The summed E-state index contributed by atoms with van der Waals surface area (Å²) in [6.07, 6.45) is 3.37. The molecule has 0 spiro atoms. The van der Waals surface area contributed by atoms with Gasteiger partial charge in [0.25, 0.3) is 0 Å². The predicted octanol–water partition coefficient (Wildman–Crippen LogP) is 2.73. The number of ether oxygens (including phenoxy) is 1. The summed E-state index contributed by atoms with van der Waals surface area (Å²) in [5.41, 5.74) is 0.914. The quantitative estimate of drug-likeness (QED) is 0.605. The van der Waals surface area contributed by atoms with Crippen LogP contribution >= 0.6 is 0 Å². The van der Waals surface area contributed by atoms with Crippen molar-refractivity contribution in [3.63, 3.8) is 0 Å². The van der Waals surface area contributed by atoms with E-state index in [1.807, 2.05) is 24.3 Å². The summed E-state index contributed by atoms with van der Waals surface area (Å²) in [6, 6.07) is 7.77. The Labute approximate surface area is 113 Å². The lowest BCUT2D eigenvalue weighted by Gasteiger charge is -2.25. The van der Waals surface area contributed by atoms with Crippen LogP contribution in [-0.2, 0) is 19.7 Å². The molecule has 3 heteroatoms. The fraction of sp³-hybridized carbons (Fsp3) is 0.500. The van der Waals surface area contributed by atoms with Crippen LogP contribution in [0.15, 0.2) is 24.3 Å². The van der Waals surface area contributed by atoms with Crippen molar-refractivity contribution in [1.29, 1.82) is 0 Å². The lowest BCUT2D eigenvalue weighted by Crippen LogP contribution is -2.42. The highest BCUT2D eigenvalue weighted by Gasteiger charge is 2.57. The first kappa shape index (κ1) is 12.4. The highest BCUT2D eigenvalue weighted by molar-refractivity contribution is 6.15. The summed E-state index contributed by atoms with van der Waals surface area (Å²) >= 11 is 0. The molecule has 0 amide bonds. The van der Waals surface area contributed by atoms with Crippen LogP contribution in [0.4, 0.5) is 0 Å². The van der Waals surface area contributed by atoms with E-state index in [0.29, 0.717) is 13.0 Å². The van der Waals surface area contributed by atoms with Crippen molar-refractivity contribution in [2.75, 3.05) is 6.61 Å². The molecular formula is C16H18O3. The molecule has 1 fully saturated rings. The fourth-order valence-corrected chi connectivity index (χ4v) is 3.61. The summed E-state index contributed by atoms with van der Waals surface area (Å²) in [5, 5.41) is 0. The monoisotopic (exact) mass is 258 g/mol. The van der Waals surface area contributed by atoms with Gasteiger partial charge in [0.2, 0.25) is 0 Å². The van der Waals surface area contributed by atoms with Gasteiger partial charge >= 0.3 is 5.97 Å². The van der Waals surface area contributed by atoms with Crippen LogP contribution in [0.5, 0.6) is 0 Å². The zero-order valence-corrected chi connectivity index (χ0v) is 11.1. The Kier molecular flexibility index (Phi) is 2.92. The summed E-state index contributed by atoms with van der Waals surface area (Å²) < 4.78 is 5.23.